The summed E-state index contributed by atoms with van der Waals surface area (Å²) >= 11 is 0. The lowest BCUT2D eigenvalue weighted by Crippen LogP contribution is -2.48. The van der Waals surface area contributed by atoms with Gasteiger partial charge in [0.25, 0.3) is 5.91 Å². The number of carbonyl (C=O) groups is 2. The van der Waals surface area contributed by atoms with E-state index in [1.807, 2.05) is 32.0 Å². The lowest BCUT2D eigenvalue weighted by atomic mass is 10.0. The van der Waals surface area contributed by atoms with E-state index in [1.54, 1.807) is 30.3 Å². The highest BCUT2D eigenvalue weighted by Crippen LogP contribution is 2.17. The Morgan fingerprint density at radius 2 is 1.89 bits per heavy atom. The van der Waals surface area contributed by atoms with Crippen LogP contribution < -0.4 is 21.1 Å². The van der Waals surface area contributed by atoms with Gasteiger partial charge in [-0.05, 0) is 36.2 Å². The number of benzene rings is 2. The number of aromatic nitrogens is 1. The largest absolute Gasteiger partial charge is 0.484 e. The molecule has 8 nitrogen and oxygen atoms in total. The van der Waals surface area contributed by atoms with Gasteiger partial charge >= 0.3 is 5.76 Å². The maximum Gasteiger partial charge on any atom is 0.417 e. The van der Waals surface area contributed by atoms with E-state index in [9.17, 15) is 14.4 Å². The number of para-hydroxylation sites is 1. The zero-order valence-corrected chi connectivity index (χ0v) is 15.5. The van der Waals surface area contributed by atoms with Gasteiger partial charge in [0.1, 0.15) is 11.8 Å². The van der Waals surface area contributed by atoms with Gasteiger partial charge in [-0.25, -0.2) is 4.79 Å². The molecule has 0 aliphatic heterocycles. The number of aromatic amines is 1. The van der Waals surface area contributed by atoms with Crippen molar-refractivity contribution in [2.75, 3.05) is 11.9 Å². The fraction of sp³-hybridized carbons (Fsp3) is 0.250. The number of nitrogens with one attached hydrogen (secondary N) is 3. The van der Waals surface area contributed by atoms with Crippen molar-refractivity contribution in [3.63, 3.8) is 0 Å². The molecule has 0 saturated carbocycles. The first-order valence-corrected chi connectivity index (χ1v) is 8.83. The summed E-state index contributed by atoms with van der Waals surface area (Å²) in [5.74, 6) is -0.895. The summed E-state index contributed by atoms with van der Waals surface area (Å²) in [5.41, 5.74) is 1.36. The molecule has 28 heavy (non-hydrogen) atoms. The summed E-state index contributed by atoms with van der Waals surface area (Å²) in [6.45, 7) is 3.47. The Bertz CT molecular complexity index is 1020. The van der Waals surface area contributed by atoms with Crippen LogP contribution in [-0.4, -0.2) is 29.4 Å². The van der Waals surface area contributed by atoms with Gasteiger partial charge in [-0.1, -0.05) is 32.0 Å². The van der Waals surface area contributed by atoms with Crippen molar-refractivity contribution in [2.45, 2.75) is 19.9 Å². The van der Waals surface area contributed by atoms with Gasteiger partial charge in [-0.15, -0.1) is 0 Å². The molecule has 2 amide bonds. The lowest BCUT2D eigenvalue weighted by Gasteiger charge is -2.21. The molecule has 0 aliphatic rings. The van der Waals surface area contributed by atoms with Crippen LogP contribution in [0.25, 0.3) is 11.1 Å². The van der Waals surface area contributed by atoms with Crippen molar-refractivity contribution < 1.29 is 18.7 Å². The van der Waals surface area contributed by atoms with Crippen LogP contribution in [0.4, 0.5) is 5.69 Å². The maximum atomic E-state index is 12.6. The zero-order chi connectivity index (χ0) is 20.1. The molecule has 3 rings (SSSR count). The summed E-state index contributed by atoms with van der Waals surface area (Å²) in [4.78, 5) is 38.6. The second-order valence-electron chi connectivity index (χ2n) is 6.61. The van der Waals surface area contributed by atoms with Crippen molar-refractivity contribution in [1.82, 2.24) is 10.3 Å². The molecule has 1 heterocycles. The highest BCUT2D eigenvalue weighted by Gasteiger charge is 2.24. The molecule has 146 valence electrons. The molecule has 0 spiro atoms. The Morgan fingerprint density at radius 3 is 2.61 bits per heavy atom. The Hall–Kier alpha value is -3.55. The average molecular weight is 383 g/mol. The maximum absolute atomic E-state index is 12.6. The predicted molar refractivity (Wildman–Crippen MR) is 104 cm³/mol. The Morgan fingerprint density at radius 1 is 1.14 bits per heavy atom. The number of hydrogen-bond donors (Lipinski definition) is 3. The van der Waals surface area contributed by atoms with Crippen LogP contribution in [-0.2, 0) is 9.59 Å². The van der Waals surface area contributed by atoms with Crippen molar-refractivity contribution in [3.05, 3.63) is 59.1 Å². The molecule has 0 bridgehead atoms. The third kappa shape index (κ3) is 4.79. The number of rotatable bonds is 7. The van der Waals surface area contributed by atoms with E-state index in [0.29, 0.717) is 22.5 Å². The SMILES string of the molecule is CC(C)C(NC(=O)COc1ccccc1)C(=O)Nc1ccc2oc(=O)[nH]c2c1. The second kappa shape index (κ2) is 8.43. The minimum Gasteiger partial charge on any atom is -0.484 e. The molecule has 2 aromatic carbocycles. The number of fused-ring (bicyclic) bond motifs is 1. The summed E-state index contributed by atoms with van der Waals surface area (Å²) in [6, 6.07) is 13.0. The van der Waals surface area contributed by atoms with Gasteiger partial charge in [0, 0.05) is 5.69 Å². The highest BCUT2D eigenvalue weighted by molar-refractivity contribution is 5.98. The number of H-pyrrole nitrogens is 1. The standard InChI is InChI=1S/C20H21N3O5/c1-12(2)18(23-17(24)11-27-14-6-4-3-5-7-14)19(25)21-13-8-9-16-15(10-13)22-20(26)28-16/h3-10,12,18H,11H2,1-2H3,(H,21,25)(H,22,26)(H,23,24). The molecule has 1 unspecified atom stereocenters. The number of amides is 2. The summed E-state index contributed by atoms with van der Waals surface area (Å²) in [5, 5.41) is 5.44. The minimum absolute atomic E-state index is 0.141. The second-order valence-corrected chi connectivity index (χ2v) is 6.61. The molecule has 3 N–H and O–H groups in total. The lowest BCUT2D eigenvalue weighted by molar-refractivity contribution is -0.128. The smallest absolute Gasteiger partial charge is 0.417 e. The average Bonchev–Trinajstić information content (AvgIpc) is 3.04. The van der Waals surface area contributed by atoms with Crippen LogP contribution >= 0.6 is 0 Å². The van der Waals surface area contributed by atoms with Gasteiger partial charge < -0.3 is 19.8 Å². The number of carbonyl (C=O) groups excluding carboxylic acids is 2. The first kappa shape index (κ1) is 19.2. The molecular weight excluding hydrogens is 362 g/mol. The van der Waals surface area contributed by atoms with E-state index in [4.69, 9.17) is 9.15 Å². The van der Waals surface area contributed by atoms with E-state index < -0.39 is 17.7 Å². The third-order valence-corrected chi connectivity index (χ3v) is 4.07. The minimum atomic E-state index is -0.744. The molecule has 0 fully saturated rings. The fourth-order valence-electron chi connectivity index (χ4n) is 2.67. The van der Waals surface area contributed by atoms with Crippen LogP contribution in [0.5, 0.6) is 5.75 Å². The molecule has 8 heteroatoms. The molecule has 1 atom stereocenters. The van der Waals surface area contributed by atoms with Gasteiger partial charge in [0.2, 0.25) is 5.91 Å². The molecular formula is C20H21N3O5. The van der Waals surface area contributed by atoms with Crippen LogP contribution in [0.15, 0.2) is 57.7 Å². The van der Waals surface area contributed by atoms with E-state index >= 15 is 0 Å². The Balaban J connectivity index is 1.62. The highest BCUT2D eigenvalue weighted by atomic mass is 16.5. The van der Waals surface area contributed by atoms with Gasteiger partial charge in [0.15, 0.2) is 12.2 Å². The molecule has 0 radical (unpaired) electrons. The molecule has 3 aromatic rings. The third-order valence-electron chi connectivity index (χ3n) is 4.07. The van der Waals surface area contributed by atoms with Gasteiger partial charge in [-0.3, -0.25) is 14.6 Å². The van der Waals surface area contributed by atoms with Crippen LogP contribution in [0, 0.1) is 5.92 Å². The summed E-state index contributed by atoms with van der Waals surface area (Å²) in [7, 11) is 0. The fourth-order valence-corrected chi connectivity index (χ4v) is 2.67. The van der Waals surface area contributed by atoms with Crippen molar-refractivity contribution >= 4 is 28.6 Å². The Labute approximate surface area is 160 Å². The van der Waals surface area contributed by atoms with E-state index in [0.717, 1.165) is 0 Å². The Kier molecular flexibility index (Phi) is 5.78. The molecule has 1 aromatic heterocycles. The first-order valence-electron chi connectivity index (χ1n) is 8.83. The molecule has 0 saturated heterocycles. The van der Waals surface area contributed by atoms with Crippen molar-refractivity contribution in [3.8, 4) is 5.75 Å². The topological polar surface area (TPSA) is 113 Å². The normalized spacial score (nSPS) is 12.0. The van der Waals surface area contributed by atoms with Crippen molar-refractivity contribution in [1.29, 1.82) is 0 Å². The van der Waals surface area contributed by atoms with Gasteiger partial charge in [0.05, 0.1) is 5.52 Å². The first-order chi connectivity index (χ1) is 13.4. The van der Waals surface area contributed by atoms with Crippen LogP contribution in [0.3, 0.4) is 0 Å². The number of anilines is 1. The zero-order valence-electron chi connectivity index (χ0n) is 15.5. The molecule has 0 aliphatic carbocycles. The van der Waals surface area contributed by atoms with Crippen LogP contribution in [0.2, 0.25) is 0 Å². The monoisotopic (exact) mass is 383 g/mol. The predicted octanol–water partition coefficient (Wildman–Crippen LogP) is 2.28. The quantitative estimate of drug-likeness (QED) is 0.579. The van der Waals surface area contributed by atoms with E-state index in [1.165, 1.54) is 0 Å². The number of oxazole rings is 1. The number of hydrogen-bond acceptors (Lipinski definition) is 5. The summed E-state index contributed by atoms with van der Waals surface area (Å²) in [6.07, 6.45) is 0. The summed E-state index contributed by atoms with van der Waals surface area (Å²) < 4.78 is 10.3. The van der Waals surface area contributed by atoms with Crippen LogP contribution in [0.1, 0.15) is 13.8 Å². The number of ether oxygens (including phenoxy) is 1. The van der Waals surface area contributed by atoms with Gasteiger partial charge in [-0.2, -0.15) is 0 Å². The van der Waals surface area contributed by atoms with E-state index in [2.05, 4.69) is 15.6 Å². The van der Waals surface area contributed by atoms with E-state index in [-0.39, 0.29) is 18.4 Å². The van der Waals surface area contributed by atoms with Crippen molar-refractivity contribution in [2.24, 2.45) is 5.92 Å².